The normalized spacial score (nSPS) is 38.0. The fraction of sp³-hybridized carbons (Fsp3) is 0.857. The van der Waals surface area contributed by atoms with Crippen molar-refractivity contribution in [1.82, 2.24) is 0 Å². The maximum atomic E-state index is 13.0. The third-order valence-corrected chi connectivity index (χ3v) is 7.33. The minimum atomic E-state index is -0.595. The maximum Gasteiger partial charge on any atom is 0.311 e. The highest BCUT2D eigenvalue weighted by Crippen LogP contribution is 2.59. The summed E-state index contributed by atoms with van der Waals surface area (Å²) in [6.45, 7) is 5.64. The monoisotopic (exact) mass is 378 g/mol. The standard InChI is InChI=1S/C21H30O6/c1-4-21(2,3)20(24)27-17-13-10-12-15(19(23)26-16(12)17)14(13)18(22)25-11-8-6-5-7-9-11/h11-17H,4-10H2,1-3H3. The van der Waals surface area contributed by atoms with Gasteiger partial charge in [-0.3, -0.25) is 14.4 Å². The Labute approximate surface area is 160 Å². The molecule has 150 valence electrons. The van der Waals surface area contributed by atoms with E-state index in [1.807, 2.05) is 20.8 Å². The molecule has 1 saturated heterocycles. The van der Waals surface area contributed by atoms with Crippen LogP contribution in [0.2, 0.25) is 0 Å². The van der Waals surface area contributed by atoms with Crippen LogP contribution in [-0.2, 0) is 28.6 Å². The number of carbonyl (C=O) groups excluding carboxylic acids is 3. The van der Waals surface area contributed by atoms with E-state index >= 15 is 0 Å². The first-order valence-electron chi connectivity index (χ1n) is 10.5. The van der Waals surface area contributed by atoms with Crippen LogP contribution >= 0.6 is 0 Å². The molecular weight excluding hydrogens is 348 g/mol. The van der Waals surface area contributed by atoms with Crippen LogP contribution in [0.3, 0.4) is 0 Å². The topological polar surface area (TPSA) is 78.9 Å². The Morgan fingerprint density at radius 3 is 2.48 bits per heavy atom. The van der Waals surface area contributed by atoms with Gasteiger partial charge in [-0.1, -0.05) is 13.3 Å². The van der Waals surface area contributed by atoms with Crippen molar-refractivity contribution in [3.63, 3.8) is 0 Å². The summed E-state index contributed by atoms with van der Waals surface area (Å²) in [5.41, 5.74) is -0.595. The van der Waals surface area contributed by atoms with Crippen LogP contribution in [0.15, 0.2) is 0 Å². The second-order valence-corrected chi connectivity index (χ2v) is 9.32. The second kappa shape index (κ2) is 6.78. The molecule has 3 saturated carbocycles. The Morgan fingerprint density at radius 2 is 1.81 bits per heavy atom. The van der Waals surface area contributed by atoms with E-state index < -0.39 is 29.5 Å². The second-order valence-electron chi connectivity index (χ2n) is 9.32. The first-order chi connectivity index (χ1) is 12.8. The largest absolute Gasteiger partial charge is 0.462 e. The summed E-state index contributed by atoms with van der Waals surface area (Å²) in [5, 5.41) is 0. The van der Waals surface area contributed by atoms with Gasteiger partial charge in [0.1, 0.15) is 18.3 Å². The predicted molar refractivity (Wildman–Crippen MR) is 95.4 cm³/mol. The summed E-state index contributed by atoms with van der Waals surface area (Å²) >= 11 is 0. The molecule has 2 bridgehead atoms. The Morgan fingerprint density at radius 1 is 1.11 bits per heavy atom. The molecule has 4 fully saturated rings. The van der Waals surface area contributed by atoms with E-state index in [-0.39, 0.29) is 35.8 Å². The lowest BCUT2D eigenvalue weighted by atomic mass is 9.78. The molecule has 6 unspecified atom stereocenters. The SMILES string of the molecule is CCC(C)(C)C(=O)OC1C2CC3C1OC(=O)C3C2C(=O)OC1CCCCC1. The number of fused-ring (bicyclic) bond motifs is 1. The molecule has 6 nitrogen and oxygen atoms in total. The van der Waals surface area contributed by atoms with E-state index in [0.717, 1.165) is 25.7 Å². The summed E-state index contributed by atoms with van der Waals surface area (Å²) in [4.78, 5) is 38.0. The molecule has 0 aromatic rings. The minimum absolute atomic E-state index is 0.0334. The molecular formula is C21H30O6. The van der Waals surface area contributed by atoms with Crippen LogP contribution in [0.4, 0.5) is 0 Å². The van der Waals surface area contributed by atoms with Crippen LogP contribution in [0.25, 0.3) is 0 Å². The van der Waals surface area contributed by atoms with Crippen molar-refractivity contribution < 1.29 is 28.6 Å². The zero-order chi connectivity index (χ0) is 19.3. The van der Waals surface area contributed by atoms with Gasteiger partial charge in [-0.2, -0.15) is 0 Å². The number of ether oxygens (including phenoxy) is 3. The molecule has 27 heavy (non-hydrogen) atoms. The zero-order valence-corrected chi connectivity index (χ0v) is 16.4. The van der Waals surface area contributed by atoms with Gasteiger partial charge in [-0.05, 0) is 52.4 Å². The first kappa shape index (κ1) is 18.8. The van der Waals surface area contributed by atoms with Crippen LogP contribution in [0, 0.1) is 29.1 Å². The Balaban J connectivity index is 1.50. The molecule has 0 amide bonds. The summed E-state index contributed by atoms with van der Waals surface area (Å²) in [6.07, 6.45) is 5.51. The van der Waals surface area contributed by atoms with Crippen molar-refractivity contribution in [2.24, 2.45) is 29.1 Å². The Kier molecular flexibility index (Phi) is 4.71. The molecule has 0 spiro atoms. The van der Waals surface area contributed by atoms with Crippen molar-refractivity contribution in [1.29, 1.82) is 0 Å². The van der Waals surface area contributed by atoms with Gasteiger partial charge in [0.2, 0.25) is 0 Å². The van der Waals surface area contributed by atoms with Crippen molar-refractivity contribution >= 4 is 17.9 Å². The predicted octanol–water partition coefficient (Wildman–Crippen LogP) is 3.02. The van der Waals surface area contributed by atoms with E-state index in [1.165, 1.54) is 6.42 Å². The third-order valence-electron chi connectivity index (χ3n) is 7.33. The maximum absolute atomic E-state index is 13.0. The number of carbonyl (C=O) groups is 3. The highest BCUT2D eigenvalue weighted by Gasteiger charge is 2.70. The highest BCUT2D eigenvalue weighted by molar-refractivity contribution is 5.86. The molecule has 0 aromatic heterocycles. The third kappa shape index (κ3) is 3.05. The van der Waals surface area contributed by atoms with Gasteiger partial charge in [0, 0.05) is 11.8 Å². The summed E-state index contributed by atoms with van der Waals surface area (Å²) < 4.78 is 17.2. The first-order valence-corrected chi connectivity index (χ1v) is 10.5. The van der Waals surface area contributed by atoms with E-state index in [4.69, 9.17) is 14.2 Å². The average molecular weight is 378 g/mol. The minimum Gasteiger partial charge on any atom is -0.462 e. The van der Waals surface area contributed by atoms with Gasteiger partial charge in [-0.15, -0.1) is 0 Å². The van der Waals surface area contributed by atoms with E-state index in [2.05, 4.69) is 0 Å². The van der Waals surface area contributed by atoms with Gasteiger partial charge in [0.25, 0.3) is 0 Å². The average Bonchev–Trinajstić information content (AvgIpc) is 3.26. The fourth-order valence-electron chi connectivity index (χ4n) is 5.32. The van der Waals surface area contributed by atoms with Gasteiger partial charge in [0.05, 0.1) is 17.3 Å². The molecule has 1 aliphatic heterocycles. The molecule has 4 aliphatic rings. The molecule has 0 N–H and O–H groups in total. The number of rotatable bonds is 5. The van der Waals surface area contributed by atoms with Gasteiger partial charge in [0.15, 0.2) is 0 Å². The van der Waals surface area contributed by atoms with Crippen LogP contribution < -0.4 is 0 Å². The smallest absolute Gasteiger partial charge is 0.311 e. The van der Waals surface area contributed by atoms with Crippen molar-refractivity contribution in [3.8, 4) is 0 Å². The Bertz CT molecular complexity index is 635. The van der Waals surface area contributed by atoms with E-state index in [9.17, 15) is 14.4 Å². The van der Waals surface area contributed by atoms with Crippen molar-refractivity contribution in [2.45, 2.75) is 84.0 Å². The van der Waals surface area contributed by atoms with Crippen LogP contribution in [0.5, 0.6) is 0 Å². The fourth-order valence-corrected chi connectivity index (χ4v) is 5.32. The lowest BCUT2D eigenvalue weighted by molar-refractivity contribution is -0.175. The highest BCUT2D eigenvalue weighted by atomic mass is 16.6. The van der Waals surface area contributed by atoms with Gasteiger partial charge < -0.3 is 14.2 Å². The molecule has 0 radical (unpaired) electrons. The summed E-state index contributed by atoms with van der Waals surface area (Å²) in [5.74, 6) is -2.09. The summed E-state index contributed by atoms with van der Waals surface area (Å²) in [6, 6.07) is 0. The number of hydrogen-bond acceptors (Lipinski definition) is 6. The lowest BCUT2D eigenvalue weighted by Crippen LogP contribution is -2.45. The molecule has 4 rings (SSSR count). The van der Waals surface area contributed by atoms with Crippen molar-refractivity contribution in [2.75, 3.05) is 0 Å². The van der Waals surface area contributed by atoms with Gasteiger partial charge in [-0.25, -0.2) is 0 Å². The molecule has 6 atom stereocenters. The summed E-state index contributed by atoms with van der Waals surface area (Å²) in [7, 11) is 0. The molecule has 0 aromatic carbocycles. The molecule has 6 heteroatoms. The van der Waals surface area contributed by atoms with E-state index in [1.54, 1.807) is 0 Å². The molecule has 1 heterocycles. The zero-order valence-electron chi connectivity index (χ0n) is 16.4. The van der Waals surface area contributed by atoms with Crippen LogP contribution in [0.1, 0.15) is 65.7 Å². The van der Waals surface area contributed by atoms with Crippen LogP contribution in [-0.4, -0.2) is 36.2 Å². The van der Waals surface area contributed by atoms with E-state index in [0.29, 0.717) is 12.8 Å². The quantitative estimate of drug-likeness (QED) is 0.540. The number of hydrogen-bond donors (Lipinski definition) is 0. The lowest BCUT2D eigenvalue weighted by Gasteiger charge is -2.33. The van der Waals surface area contributed by atoms with Gasteiger partial charge >= 0.3 is 17.9 Å². The van der Waals surface area contributed by atoms with Crippen molar-refractivity contribution in [3.05, 3.63) is 0 Å². The number of esters is 3. The Hall–Kier alpha value is -1.59. The molecule has 3 aliphatic carbocycles.